The molecule has 5 heteroatoms. The molecule has 3 atom stereocenters. The molecule has 0 aromatic carbocycles. The lowest BCUT2D eigenvalue weighted by molar-refractivity contribution is 0.109. The molecule has 0 aliphatic heterocycles. The van der Waals surface area contributed by atoms with Crippen LogP contribution in [0, 0.1) is 17.2 Å². The van der Waals surface area contributed by atoms with Crippen molar-refractivity contribution in [2.45, 2.75) is 25.4 Å². The van der Waals surface area contributed by atoms with Gasteiger partial charge >= 0.3 is 0 Å². The van der Waals surface area contributed by atoms with Crippen LogP contribution in [0.1, 0.15) is 37.1 Å². The molecular weight excluding hydrogens is 182 g/mol. The first kappa shape index (κ1) is 9.16. The summed E-state index contributed by atoms with van der Waals surface area (Å²) in [5.74, 6) is 1.31. The largest absolute Gasteiger partial charge is 0.374 e. The molecule has 74 valence electrons. The molecule has 1 aliphatic rings. The van der Waals surface area contributed by atoms with E-state index in [0.29, 0.717) is 11.7 Å². The van der Waals surface area contributed by atoms with Gasteiger partial charge in [0.2, 0.25) is 5.89 Å². The van der Waals surface area contributed by atoms with Crippen LogP contribution in [0.2, 0.25) is 0 Å². The fourth-order valence-electron chi connectivity index (χ4n) is 1.28. The van der Waals surface area contributed by atoms with E-state index in [1.807, 2.05) is 6.92 Å². The van der Waals surface area contributed by atoms with Crippen molar-refractivity contribution < 1.29 is 9.26 Å². The van der Waals surface area contributed by atoms with E-state index in [2.05, 4.69) is 16.2 Å². The van der Waals surface area contributed by atoms with Crippen molar-refractivity contribution >= 4 is 0 Å². The summed E-state index contributed by atoms with van der Waals surface area (Å²) >= 11 is 0. The highest BCUT2D eigenvalue weighted by Gasteiger charge is 2.43. The lowest BCUT2D eigenvalue weighted by Crippen LogP contribution is -1.98. The summed E-state index contributed by atoms with van der Waals surface area (Å²) in [4.78, 5) is 4.19. The molecule has 1 heterocycles. The Bertz CT molecular complexity index is 368. The molecule has 3 unspecified atom stereocenters. The van der Waals surface area contributed by atoms with Crippen molar-refractivity contribution in [1.29, 1.82) is 5.26 Å². The number of hydrogen-bond acceptors (Lipinski definition) is 5. The van der Waals surface area contributed by atoms with Crippen LogP contribution in [-0.4, -0.2) is 17.3 Å². The van der Waals surface area contributed by atoms with E-state index in [1.54, 1.807) is 7.11 Å². The normalized spacial score (nSPS) is 26.9. The first-order valence-electron chi connectivity index (χ1n) is 4.52. The monoisotopic (exact) mass is 193 g/mol. The Hall–Kier alpha value is -1.41. The Kier molecular flexibility index (Phi) is 2.22. The zero-order valence-corrected chi connectivity index (χ0v) is 8.10. The molecule has 14 heavy (non-hydrogen) atoms. The van der Waals surface area contributed by atoms with Crippen LogP contribution in [-0.2, 0) is 4.74 Å². The van der Waals surface area contributed by atoms with Gasteiger partial charge in [0.15, 0.2) is 5.82 Å². The van der Waals surface area contributed by atoms with Gasteiger partial charge in [-0.25, -0.2) is 0 Å². The van der Waals surface area contributed by atoms with Crippen molar-refractivity contribution in [2.75, 3.05) is 7.11 Å². The lowest BCUT2D eigenvalue weighted by atomic mass is 10.3. The minimum atomic E-state index is -0.160. The molecule has 1 aromatic heterocycles. The zero-order chi connectivity index (χ0) is 10.1. The van der Waals surface area contributed by atoms with Crippen LogP contribution in [0.4, 0.5) is 0 Å². The van der Waals surface area contributed by atoms with E-state index in [4.69, 9.17) is 14.5 Å². The average Bonchev–Trinajstić information content (AvgIpc) is 2.85. The van der Waals surface area contributed by atoms with Gasteiger partial charge in [0, 0.05) is 7.11 Å². The van der Waals surface area contributed by atoms with Gasteiger partial charge in [-0.15, -0.1) is 0 Å². The number of nitrogens with zero attached hydrogens (tertiary/aromatic N) is 3. The third kappa shape index (κ3) is 1.49. The van der Waals surface area contributed by atoms with Gasteiger partial charge in [-0.3, -0.25) is 0 Å². The van der Waals surface area contributed by atoms with Gasteiger partial charge in [0.25, 0.3) is 0 Å². The first-order chi connectivity index (χ1) is 6.76. The molecule has 1 aromatic rings. The van der Waals surface area contributed by atoms with Crippen LogP contribution in [0.25, 0.3) is 0 Å². The molecule has 2 rings (SSSR count). The Morgan fingerprint density at radius 1 is 1.71 bits per heavy atom. The number of hydrogen-bond donors (Lipinski definition) is 0. The second-order valence-electron chi connectivity index (χ2n) is 3.45. The van der Waals surface area contributed by atoms with Crippen LogP contribution >= 0.6 is 0 Å². The Labute approximate surface area is 81.7 Å². The predicted molar refractivity (Wildman–Crippen MR) is 46.2 cm³/mol. The van der Waals surface area contributed by atoms with Crippen molar-refractivity contribution in [3.63, 3.8) is 0 Å². The highest BCUT2D eigenvalue weighted by atomic mass is 16.5. The van der Waals surface area contributed by atoms with E-state index >= 15 is 0 Å². The quantitative estimate of drug-likeness (QED) is 0.725. The number of nitriles is 1. The molecule has 0 saturated heterocycles. The summed E-state index contributed by atoms with van der Waals surface area (Å²) < 4.78 is 10.1. The van der Waals surface area contributed by atoms with E-state index in [1.165, 1.54) is 0 Å². The minimum Gasteiger partial charge on any atom is -0.374 e. The van der Waals surface area contributed by atoms with Gasteiger partial charge in [-0.05, 0) is 13.3 Å². The molecule has 1 saturated carbocycles. The molecule has 5 nitrogen and oxygen atoms in total. The fraction of sp³-hybridized carbons (Fsp3) is 0.667. The van der Waals surface area contributed by atoms with Crippen LogP contribution in [0.5, 0.6) is 0 Å². The maximum absolute atomic E-state index is 8.64. The average molecular weight is 193 g/mol. The number of methoxy groups -OCH3 is 1. The number of rotatable bonds is 3. The predicted octanol–water partition coefficient (Wildman–Crippen LogP) is 1.40. The van der Waals surface area contributed by atoms with E-state index in [9.17, 15) is 0 Å². The Balaban J connectivity index is 2.08. The molecule has 0 spiro atoms. The lowest BCUT2D eigenvalue weighted by Gasteiger charge is -2.00. The van der Waals surface area contributed by atoms with Crippen LogP contribution in [0.3, 0.4) is 0 Å². The van der Waals surface area contributed by atoms with Gasteiger partial charge in [-0.2, -0.15) is 10.2 Å². The van der Waals surface area contributed by atoms with Crippen LogP contribution in [0.15, 0.2) is 4.52 Å². The zero-order valence-electron chi connectivity index (χ0n) is 8.10. The molecule has 0 N–H and O–H groups in total. The molecule has 0 radical (unpaired) electrons. The van der Waals surface area contributed by atoms with Crippen molar-refractivity contribution in [3.05, 3.63) is 11.7 Å². The van der Waals surface area contributed by atoms with Gasteiger partial charge in [-0.1, -0.05) is 5.16 Å². The van der Waals surface area contributed by atoms with Crippen molar-refractivity contribution in [2.24, 2.45) is 5.92 Å². The van der Waals surface area contributed by atoms with Crippen LogP contribution < -0.4 is 0 Å². The first-order valence-corrected chi connectivity index (χ1v) is 4.52. The van der Waals surface area contributed by atoms with Gasteiger partial charge < -0.3 is 9.26 Å². The summed E-state index contributed by atoms with van der Waals surface area (Å²) in [7, 11) is 1.59. The van der Waals surface area contributed by atoms with Gasteiger partial charge in [0.1, 0.15) is 6.10 Å². The second-order valence-corrected chi connectivity index (χ2v) is 3.45. The van der Waals surface area contributed by atoms with Gasteiger partial charge in [0.05, 0.1) is 17.9 Å². The minimum absolute atomic E-state index is 0.0566. The van der Waals surface area contributed by atoms with Crippen molar-refractivity contribution in [3.8, 4) is 6.07 Å². The maximum atomic E-state index is 8.64. The third-order valence-electron chi connectivity index (χ3n) is 2.45. The summed E-state index contributed by atoms with van der Waals surface area (Å²) in [6.45, 7) is 1.85. The topological polar surface area (TPSA) is 71.9 Å². The molecule has 0 amide bonds. The highest BCUT2D eigenvalue weighted by molar-refractivity contribution is 5.15. The van der Waals surface area contributed by atoms with Crippen molar-refractivity contribution in [1.82, 2.24) is 10.1 Å². The summed E-state index contributed by atoms with van der Waals surface area (Å²) in [5.41, 5.74) is 0. The van der Waals surface area contributed by atoms with E-state index in [0.717, 1.165) is 6.42 Å². The molecule has 1 aliphatic carbocycles. The summed E-state index contributed by atoms with van der Waals surface area (Å²) in [6, 6.07) is 2.18. The summed E-state index contributed by atoms with van der Waals surface area (Å²) in [6.07, 6.45) is 0.672. The van der Waals surface area contributed by atoms with E-state index < -0.39 is 0 Å². The SMILES string of the molecule is COC(C)c1noc(C2CC2C#N)n1. The molecular formula is C9H11N3O2. The van der Waals surface area contributed by atoms with E-state index in [-0.39, 0.29) is 17.9 Å². The highest BCUT2D eigenvalue weighted by Crippen LogP contribution is 2.46. The maximum Gasteiger partial charge on any atom is 0.231 e. The fourth-order valence-corrected chi connectivity index (χ4v) is 1.28. The second kappa shape index (κ2) is 3.39. The Morgan fingerprint density at radius 3 is 3.07 bits per heavy atom. The molecule has 0 bridgehead atoms. The Morgan fingerprint density at radius 2 is 2.50 bits per heavy atom. The standard InChI is InChI=1S/C9H11N3O2/c1-5(13-2)8-11-9(14-12-8)7-3-6(7)4-10/h5-7H,3H2,1-2H3. The molecule has 1 fully saturated rings. The number of ether oxygens (including phenoxy) is 1. The summed E-state index contributed by atoms with van der Waals surface area (Å²) in [5, 5.41) is 12.4. The number of aromatic nitrogens is 2. The smallest absolute Gasteiger partial charge is 0.231 e. The third-order valence-corrected chi connectivity index (χ3v) is 2.45.